The highest BCUT2D eigenvalue weighted by molar-refractivity contribution is 7.19. The van der Waals surface area contributed by atoms with Gasteiger partial charge >= 0.3 is 0 Å². The van der Waals surface area contributed by atoms with E-state index in [-0.39, 0.29) is 11.8 Å². The van der Waals surface area contributed by atoms with Gasteiger partial charge in [0, 0.05) is 72.0 Å². The van der Waals surface area contributed by atoms with Gasteiger partial charge in [-0.2, -0.15) is 0 Å². The molecule has 1 saturated heterocycles. The van der Waals surface area contributed by atoms with Crippen LogP contribution in [0.1, 0.15) is 42.0 Å². The molecule has 188 valence electrons. The van der Waals surface area contributed by atoms with Gasteiger partial charge in [-0.25, -0.2) is 0 Å². The molecule has 3 heterocycles. The second kappa shape index (κ2) is 10.4. The lowest BCUT2D eigenvalue weighted by atomic mass is 9.84. The Hall–Kier alpha value is -2.67. The highest BCUT2D eigenvalue weighted by Gasteiger charge is 2.40. The van der Waals surface area contributed by atoms with Crippen molar-refractivity contribution in [2.24, 2.45) is 5.92 Å². The van der Waals surface area contributed by atoms with Crippen LogP contribution in [-0.4, -0.2) is 48.2 Å². The van der Waals surface area contributed by atoms with E-state index in [1.165, 1.54) is 31.4 Å². The smallest absolute Gasteiger partial charge is 0.228 e. The highest BCUT2D eigenvalue weighted by Crippen LogP contribution is 2.40. The van der Waals surface area contributed by atoms with E-state index in [1.54, 1.807) is 7.11 Å². The standard InChI is InChI=1S/C30H35N3O2S/c1-35-16-6-15-32-19-22(24-8-3-4-9-27(24)32)20-33(23-11-12-23)30(34)26-18-31-14-13-25(26)29-17-21-7-2-5-10-28(21)36-29/h2-5,7-10,17,19,23,25-26,31H,6,11-16,18,20H2,1H3/t25-,26-/m0/s1. The van der Waals surface area contributed by atoms with Crippen LogP contribution in [0, 0.1) is 5.92 Å². The Labute approximate surface area is 217 Å². The van der Waals surface area contributed by atoms with Crippen LogP contribution in [0.4, 0.5) is 0 Å². The van der Waals surface area contributed by atoms with E-state index in [1.807, 2.05) is 11.3 Å². The Morgan fingerprint density at radius 1 is 1.14 bits per heavy atom. The van der Waals surface area contributed by atoms with Gasteiger partial charge in [-0.1, -0.05) is 36.4 Å². The zero-order chi connectivity index (χ0) is 24.5. The summed E-state index contributed by atoms with van der Waals surface area (Å²) >= 11 is 1.87. The average molecular weight is 502 g/mol. The van der Waals surface area contributed by atoms with Gasteiger partial charge in [0.25, 0.3) is 0 Å². The zero-order valence-electron chi connectivity index (χ0n) is 21.0. The minimum absolute atomic E-state index is 0.0116. The zero-order valence-corrected chi connectivity index (χ0v) is 21.8. The maximum Gasteiger partial charge on any atom is 0.228 e. The molecular formula is C30H35N3O2S. The summed E-state index contributed by atoms with van der Waals surface area (Å²) < 4.78 is 8.93. The number of amides is 1. The molecule has 0 bridgehead atoms. The molecule has 36 heavy (non-hydrogen) atoms. The number of benzene rings is 2. The van der Waals surface area contributed by atoms with Gasteiger partial charge in [-0.3, -0.25) is 4.79 Å². The first kappa shape index (κ1) is 23.7. The second-order valence-corrected chi connectivity index (χ2v) is 11.4. The maximum atomic E-state index is 14.2. The molecule has 0 radical (unpaired) electrons. The topological polar surface area (TPSA) is 46.5 Å². The second-order valence-electron chi connectivity index (χ2n) is 10.3. The normalized spacial score (nSPS) is 20.2. The molecule has 1 aliphatic heterocycles. The number of hydrogen-bond donors (Lipinski definition) is 1. The summed E-state index contributed by atoms with van der Waals surface area (Å²) in [7, 11) is 1.75. The van der Waals surface area contributed by atoms with Gasteiger partial charge in [0.2, 0.25) is 5.91 Å². The number of methoxy groups -OCH3 is 1. The minimum Gasteiger partial charge on any atom is -0.385 e. The molecule has 2 aromatic heterocycles. The number of nitrogens with zero attached hydrogens (tertiary/aromatic N) is 2. The molecule has 1 aliphatic carbocycles. The van der Waals surface area contributed by atoms with E-state index >= 15 is 0 Å². The third kappa shape index (κ3) is 4.70. The van der Waals surface area contributed by atoms with Crippen molar-refractivity contribution in [1.29, 1.82) is 0 Å². The fourth-order valence-corrected chi connectivity index (χ4v) is 7.09. The number of carbonyl (C=O) groups is 1. The van der Waals surface area contributed by atoms with Crippen molar-refractivity contribution in [2.45, 2.75) is 50.7 Å². The van der Waals surface area contributed by atoms with Crippen molar-refractivity contribution < 1.29 is 9.53 Å². The molecule has 1 saturated carbocycles. The number of carbonyl (C=O) groups excluding carboxylic acids is 1. The van der Waals surface area contributed by atoms with Crippen LogP contribution in [0.3, 0.4) is 0 Å². The molecule has 0 spiro atoms. The molecule has 2 atom stereocenters. The predicted octanol–water partition coefficient (Wildman–Crippen LogP) is 5.78. The van der Waals surface area contributed by atoms with Crippen molar-refractivity contribution in [2.75, 3.05) is 26.8 Å². The van der Waals surface area contributed by atoms with Crippen molar-refractivity contribution >= 4 is 38.2 Å². The van der Waals surface area contributed by atoms with Gasteiger partial charge in [-0.05, 0) is 61.4 Å². The van der Waals surface area contributed by atoms with Crippen LogP contribution in [0.15, 0.2) is 60.8 Å². The molecule has 2 aromatic carbocycles. The first-order chi connectivity index (χ1) is 17.7. The maximum absolute atomic E-state index is 14.2. The molecule has 2 fully saturated rings. The largest absolute Gasteiger partial charge is 0.385 e. The van der Waals surface area contributed by atoms with Crippen LogP contribution < -0.4 is 5.32 Å². The number of aromatic nitrogens is 1. The molecule has 5 nitrogen and oxygen atoms in total. The van der Waals surface area contributed by atoms with E-state index in [9.17, 15) is 4.79 Å². The summed E-state index contributed by atoms with van der Waals surface area (Å²) in [5, 5.41) is 6.09. The van der Waals surface area contributed by atoms with E-state index in [0.29, 0.717) is 18.5 Å². The summed E-state index contributed by atoms with van der Waals surface area (Å²) in [5.74, 6) is 0.596. The number of hydrogen-bond acceptors (Lipinski definition) is 4. The van der Waals surface area contributed by atoms with Crippen LogP contribution in [0.5, 0.6) is 0 Å². The lowest BCUT2D eigenvalue weighted by molar-refractivity contribution is -0.138. The van der Waals surface area contributed by atoms with Crippen molar-refractivity contribution in [3.05, 3.63) is 71.2 Å². The Morgan fingerprint density at radius 3 is 2.81 bits per heavy atom. The summed E-state index contributed by atoms with van der Waals surface area (Å²) in [5.41, 5.74) is 2.50. The lowest BCUT2D eigenvalue weighted by Gasteiger charge is -2.35. The van der Waals surface area contributed by atoms with Crippen molar-refractivity contribution in [3.63, 3.8) is 0 Å². The Balaban J connectivity index is 1.28. The van der Waals surface area contributed by atoms with Gasteiger partial charge in [-0.15, -0.1) is 11.3 Å². The van der Waals surface area contributed by atoms with E-state index in [2.05, 4.69) is 75.6 Å². The Bertz CT molecular complexity index is 1320. The molecule has 6 heteroatoms. The molecule has 1 amide bonds. The average Bonchev–Trinajstić information content (AvgIpc) is 3.57. The van der Waals surface area contributed by atoms with Gasteiger partial charge in [0.1, 0.15) is 0 Å². The Morgan fingerprint density at radius 2 is 1.97 bits per heavy atom. The quantitative estimate of drug-likeness (QED) is 0.296. The first-order valence-corrected chi connectivity index (χ1v) is 14.1. The summed E-state index contributed by atoms with van der Waals surface area (Å²) in [6.07, 6.45) is 6.49. The molecule has 4 aromatic rings. The molecule has 0 unspecified atom stereocenters. The predicted molar refractivity (Wildman–Crippen MR) is 148 cm³/mol. The summed E-state index contributed by atoms with van der Waals surface area (Å²) in [4.78, 5) is 17.8. The molecule has 2 aliphatic rings. The fourth-order valence-electron chi connectivity index (χ4n) is 5.83. The van der Waals surface area contributed by atoms with Crippen molar-refractivity contribution in [3.8, 4) is 0 Å². The van der Waals surface area contributed by atoms with Crippen LogP contribution in [0.25, 0.3) is 21.0 Å². The Kier molecular flexibility index (Phi) is 6.83. The van der Waals surface area contributed by atoms with Crippen LogP contribution in [-0.2, 0) is 22.6 Å². The first-order valence-electron chi connectivity index (χ1n) is 13.3. The van der Waals surface area contributed by atoms with Crippen LogP contribution in [0.2, 0.25) is 0 Å². The highest BCUT2D eigenvalue weighted by atomic mass is 32.1. The SMILES string of the molecule is COCCCn1cc(CN(C(=O)[C@H]2CNCC[C@@H]2c2cc3ccccc3s2)C2CC2)c2ccccc21. The third-order valence-corrected chi connectivity index (χ3v) is 9.09. The van der Waals surface area contributed by atoms with Gasteiger partial charge in [0.05, 0.1) is 5.92 Å². The fraction of sp³-hybridized carbons (Fsp3) is 0.433. The summed E-state index contributed by atoms with van der Waals surface area (Å²) in [6.45, 7) is 4.10. The monoisotopic (exact) mass is 501 g/mol. The van der Waals surface area contributed by atoms with Gasteiger partial charge in [0.15, 0.2) is 0 Å². The van der Waals surface area contributed by atoms with Crippen LogP contribution >= 0.6 is 11.3 Å². The lowest BCUT2D eigenvalue weighted by Crippen LogP contribution is -2.46. The number of ether oxygens (including phenoxy) is 1. The number of fused-ring (bicyclic) bond motifs is 2. The third-order valence-electron chi connectivity index (χ3n) is 7.84. The number of thiophene rings is 1. The number of piperidine rings is 1. The van der Waals surface area contributed by atoms with E-state index < -0.39 is 0 Å². The number of nitrogens with one attached hydrogen (secondary N) is 1. The molecule has 1 N–H and O–H groups in total. The number of para-hydroxylation sites is 1. The van der Waals surface area contributed by atoms with Crippen molar-refractivity contribution in [1.82, 2.24) is 14.8 Å². The molecular weight excluding hydrogens is 466 g/mol. The summed E-state index contributed by atoms with van der Waals surface area (Å²) in [6, 6.07) is 19.9. The van der Waals surface area contributed by atoms with E-state index in [4.69, 9.17) is 4.74 Å². The number of rotatable bonds is 9. The minimum atomic E-state index is -0.0116. The number of aryl methyl sites for hydroxylation is 1. The van der Waals surface area contributed by atoms with Gasteiger partial charge < -0.3 is 19.5 Å². The molecule has 6 rings (SSSR count). The van der Waals surface area contributed by atoms with E-state index in [0.717, 1.165) is 51.9 Å².